The van der Waals surface area contributed by atoms with Crippen LogP contribution in [-0.2, 0) is 4.74 Å². The molecule has 102 valence electrons. The first kappa shape index (κ1) is 12.7. The number of ether oxygens (including phenoxy) is 1. The molecule has 0 unspecified atom stereocenters. The fraction of sp³-hybridized carbons (Fsp3) is 0.235. The van der Waals surface area contributed by atoms with Gasteiger partial charge in [0.15, 0.2) is 0 Å². The molecule has 0 N–H and O–H groups in total. The third-order valence-electron chi connectivity index (χ3n) is 3.66. The zero-order chi connectivity index (χ0) is 13.9. The van der Waals surface area contributed by atoms with E-state index in [4.69, 9.17) is 4.74 Å². The Hall–Kier alpha value is -2.29. The summed E-state index contributed by atoms with van der Waals surface area (Å²) in [5.41, 5.74) is 2.18. The second-order valence-electron chi connectivity index (χ2n) is 5.03. The molecule has 0 fully saturated rings. The van der Waals surface area contributed by atoms with Crippen molar-refractivity contribution in [2.45, 2.75) is 19.1 Å². The minimum atomic E-state index is -0.00564. The Kier molecular flexibility index (Phi) is 3.42. The molecule has 0 saturated heterocycles. The van der Waals surface area contributed by atoms with E-state index in [9.17, 15) is 0 Å². The lowest BCUT2D eigenvalue weighted by Gasteiger charge is -2.35. The van der Waals surface area contributed by atoms with Gasteiger partial charge in [-0.2, -0.15) is 0 Å². The highest BCUT2D eigenvalue weighted by atomic mass is 16.5. The van der Waals surface area contributed by atoms with Crippen LogP contribution < -0.4 is 0 Å². The van der Waals surface area contributed by atoms with Gasteiger partial charge in [0.05, 0.1) is 6.04 Å². The minimum Gasteiger partial charge on any atom is -0.466 e. The van der Waals surface area contributed by atoms with E-state index in [1.54, 1.807) is 0 Å². The molecule has 0 radical (unpaired) electrons. The van der Waals surface area contributed by atoms with E-state index in [1.165, 1.54) is 5.56 Å². The zero-order valence-electron chi connectivity index (χ0n) is 11.7. The fourth-order valence-corrected chi connectivity index (χ4v) is 2.37. The van der Waals surface area contributed by atoms with Gasteiger partial charge in [-0.25, -0.2) is 0 Å². The second-order valence-corrected chi connectivity index (χ2v) is 5.03. The lowest BCUT2D eigenvalue weighted by molar-refractivity contribution is 0.0532. The quantitative estimate of drug-likeness (QED) is 0.831. The SMILES string of the molecule is C[C@H]1[C@@H](c2ccccc2)OC(c2ccccc2)=NN1C. The molecule has 0 aliphatic carbocycles. The molecule has 0 spiro atoms. The average Bonchev–Trinajstić information content (AvgIpc) is 2.51. The summed E-state index contributed by atoms with van der Waals surface area (Å²) in [5.74, 6) is 0.681. The van der Waals surface area contributed by atoms with E-state index in [0.29, 0.717) is 5.90 Å². The second kappa shape index (κ2) is 5.37. The molecule has 1 heterocycles. The third kappa shape index (κ3) is 2.39. The first-order valence-electron chi connectivity index (χ1n) is 6.84. The van der Waals surface area contributed by atoms with Crippen molar-refractivity contribution < 1.29 is 4.74 Å². The number of benzene rings is 2. The summed E-state index contributed by atoms with van der Waals surface area (Å²) in [6.07, 6.45) is -0.00564. The highest BCUT2D eigenvalue weighted by Gasteiger charge is 2.30. The van der Waals surface area contributed by atoms with E-state index in [-0.39, 0.29) is 12.1 Å². The van der Waals surface area contributed by atoms with Crippen molar-refractivity contribution in [3.63, 3.8) is 0 Å². The van der Waals surface area contributed by atoms with Crippen molar-refractivity contribution in [2.24, 2.45) is 5.10 Å². The van der Waals surface area contributed by atoms with Gasteiger partial charge in [0.2, 0.25) is 5.90 Å². The summed E-state index contributed by atoms with van der Waals surface area (Å²) in [5, 5.41) is 6.51. The van der Waals surface area contributed by atoms with Gasteiger partial charge in [0.1, 0.15) is 6.10 Å². The molecule has 2 aromatic rings. The molecule has 2 atom stereocenters. The van der Waals surface area contributed by atoms with E-state index >= 15 is 0 Å². The number of rotatable bonds is 2. The Labute approximate surface area is 119 Å². The summed E-state index contributed by atoms with van der Waals surface area (Å²) < 4.78 is 6.15. The summed E-state index contributed by atoms with van der Waals surface area (Å²) in [4.78, 5) is 0. The average molecular weight is 266 g/mol. The van der Waals surface area contributed by atoms with Crippen LogP contribution in [0.15, 0.2) is 65.8 Å². The number of hydrogen-bond donors (Lipinski definition) is 0. The molecule has 1 aliphatic rings. The molecule has 0 saturated carbocycles. The number of hydrogen-bond acceptors (Lipinski definition) is 3. The van der Waals surface area contributed by atoms with Crippen LogP contribution in [0.1, 0.15) is 24.2 Å². The minimum absolute atomic E-state index is 0.00564. The van der Waals surface area contributed by atoms with Crippen molar-refractivity contribution in [1.29, 1.82) is 0 Å². The van der Waals surface area contributed by atoms with Crippen LogP contribution in [0, 0.1) is 0 Å². The maximum Gasteiger partial charge on any atom is 0.238 e. The van der Waals surface area contributed by atoms with Gasteiger partial charge in [0.25, 0.3) is 0 Å². The van der Waals surface area contributed by atoms with Crippen molar-refractivity contribution in [1.82, 2.24) is 5.01 Å². The molecule has 20 heavy (non-hydrogen) atoms. The van der Waals surface area contributed by atoms with Gasteiger partial charge in [-0.05, 0) is 24.6 Å². The summed E-state index contributed by atoms with van der Waals surface area (Å²) in [6, 6.07) is 20.5. The summed E-state index contributed by atoms with van der Waals surface area (Å²) in [6.45, 7) is 2.13. The molecule has 3 heteroatoms. The number of nitrogens with zero attached hydrogens (tertiary/aromatic N) is 2. The normalized spacial score (nSPS) is 22.1. The lowest BCUT2D eigenvalue weighted by atomic mass is 10.0. The van der Waals surface area contributed by atoms with Crippen LogP contribution in [0.5, 0.6) is 0 Å². The van der Waals surface area contributed by atoms with Gasteiger partial charge in [-0.1, -0.05) is 48.5 Å². The van der Waals surface area contributed by atoms with Crippen molar-refractivity contribution in [3.8, 4) is 0 Å². The van der Waals surface area contributed by atoms with Crippen molar-refractivity contribution in [3.05, 3.63) is 71.8 Å². The predicted molar refractivity (Wildman–Crippen MR) is 80.5 cm³/mol. The third-order valence-corrected chi connectivity index (χ3v) is 3.66. The topological polar surface area (TPSA) is 24.8 Å². The molecule has 2 aromatic carbocycles. The Balaban J connectivity index is 1.94. The maximum absolute atomic E-state index is 6.15. The molecule has 0 bridgehead atoms. The van der Waals surface area contributed by atoms with Crippen molar-refractivity contribution >= 4 is 5.90 Å². The number of likely N-dealkylation sites (N-methyl/N-ethyl adjacent to an activating group) is 1. The molecule has 3 rings (SSSR count). The van der Waals surface area contributed by atoms with Crippen molar-refractivity contribution in [2.75, 3.05) is 7.05 Å². The van der Waals surface area contributed by atoms with Crippen LogP contribution in [0.4, 0.5) is 0 Å². The molecule has 0 aromatic heterocycles. The Bertz CT molecular complexity index is 595. The largest absolute Gasteiger partial charge is 0.466 e. The Morgan fingerprint density at radius 3 is 2.20 bits per heavy atom. The van der Waals surface area contributed by atoms with Crippen LogP contribution in [-0.4, -0.2) is 24.0 Å². The Morgan fingerprint density at radius 2 is 1.55 bits per heavy atom. The van der Waals surface area contributed by atoms with Crippen LogP contribution >= 0.6 is 0 Å². The van der Waals surface area contributed by atoms with Gasteiger partial charge >= 0.3 is 0 Å². The lowest BCUT2D eigenvalue weighted by Crippen LogP contribution is -2.39. The molecular formula is C17H18N2O. The van der Waals surface area contributed by atoms with Gasteiger partial charge in [-0.15, -0.1) is 5.10 Å². The molecule has 3 nitrogen and oxygen atoms in total. The van der Waals surface area contributed by atoms with E-state index in [1.807, 2.05) is 60.6 Å². The maximum atomic E-state index is 6.15. The summed E-state index contributed by atoms with van der Waals surface area (Å²) >= 11 is 0. The number of hydrazone groups is 1. The van der Waals surface area contributed by atoms with E-state index < -0.39 is 0 Å². The molecule has 1 aliphatic heterocycles. The standard InChI is InChI=1S/C17H18N2O/c1-13-16(14-9-5-3-6-10-14)20-17(18-19(13)2)15-11-7-4-8-12-15/h3-13,16H,1-2H3/t13-,16-/m0/s1. The van der Waals surface area contributed by atoms with Crippen LogP contribution in [0.3, 0.4) is 0 Å². The fourth-order valence-electron chi connectivity index (χ4n) is 2.37. The van der Waals surface area contributed by atoms with Gasteiger partial charge < -0.3 is 4.74 Å². The monoisotopic (exact) mass is 266 g/mol. The smallest absolute Gasteiger partial charge is 0.238 e. The zero-order valence-corrected chi connectivity index (χ0v) is 11.7. The summed E-state index contributed by atoms with van der Waals surface area (Å²) in [7, 11) is 1.99. The van der Waals surface area contributed by atoms with Crippen LogP contribution in [0.2, 0.25) is 0 Å². The van der Waals surface area contributed by atoms with Gasteiger partial charge in [0, 0.05) is 12.6 Å². The first-order valence-corrected chi connectivity index (χ1v) is 6.84. The Morgan fingerprint density at radius 1 is 0.950 bits per heavy atom. The highest BCUT2D eigenvalue weighted by Crippen LogP contribution is 2.29. The first-order chi connectivity index (χ1) is 9.75. The van der Waals surface area contributed by atoms with E-state index in [0.717, 1.165) is 5.56 Å². The molecular weight excluding hydrogens is 248 g/mol. The highest BCUT2D eigenvalue weighted by molar-refractivity contribution is 5.94. The molecule has 0 amide bonds. The van der Waals surface area contributed by atoms with Gasteiger partial charge in [-0.3, -0.25) is 5.01 Å². The van der Waals surface area contributed by atoms with Crippen LogP contribution in [0.25, 0.3) is 0 Å². The predicted octanol–water partition coefficient (Wildman–Crippen LogP) is 3.44. The van der Waals surface area contributed by atoms with E-state index in [2.05, 4.69) is 24.2 Å².